The van der Waals surface area contributed by atoms with Gasteiger partial charge in [0.05, 0.1) is 50.1 Å². The summed E-state index contributed by atoms with van der Waals surface area (Å²) in [6.45, 7) is 9.86. The predicted octanol–water partition coefficient (Wildman–Crippen LogP) is 6.46. The first-order chi connectivity index (χ1) is 27.4. The number of imidazole rings is 2. The molecule has 0 radical (unpaired) electrons. The lowest BCUT2D eigenvalue weighted by Crippen LogP contribution is -2.52. The van der Waals surface area contributed by atoms with Crippen LogP contribution in [-0.4, -0.2) is 92.1 Å². The van der Waals surface area contributed by atoms with Crippen molar-refractivity contribution in [3.05, 3.63) is 72.6 Å². The molecule has 4 N–H and O–H groups in total. The van der Waals surface area contributed by atoms with Crippen LogP contribution in [0.15, 0.2) is 60.9 Å². The third-order valence-corrected chi connectivity index (χ3v) is 12.6. The molecule has 0 spiro atoms. The van der Waals surface area contributed by atoms with Gasteiger partial charge in [-0.2, -0.15) is 0 Å². The molecule has 4 amide bonds. The topological polar surface area (TPSA) is 175 Å². The van der Waals surface area contributed by atoms with Gasteiger partial charge in [-0.15, -0.1) is 0 Å². The highest BCUT2D eigenvalue weighted by atomic mass is 16.5. The molecule has 300 valence electrons. The number of carbonyl (C=O) groups excluding carboxylic acids is 4. The van der Waals surface area contributed by atoms with Gasteiger partial charge >= 0.3 is 12.2 Å². The first kappa shape index (κ1) is 38.2. The Labute approximate surface area is 332 Å². The Morgan fingerprint density at radius 3 is 1.56 bits per heavy atom. The Balaban J connectivity index is 0.936. The number of aromatic amines is 2. The van der Waals surface area contributed by atoms with Crippen LogP contribution in [0, 0.1) is 29.6 Å². The summed E-state index contributed by atoms with van der Waals surface area (Å²) >= 11 is 0. The summed E-state index contributed by atoms with van der Waals surface area (Å²) in [6, 6.07) is 15.2. The molecule has 4 heterocycles. The molecule has 2 aromatic heterocycles. The fraction of sp³-hybridized carbons (Fsp3) is 0.488. The number of methoxy groups -OCH3 is 2. The highest BCUT2D eigenvalue weighted by Gasteiger charge is 2.61. The van der Waals surface area contributed by atoms with E-state index in [4.69, 9.17) is 19.4 Å². The number of hydrogen-bond donors (Lipinski definition) is 4. The lowest BCUT2D eigenvalue weighted by Gasteiger charge is -2.32. The van der Waals surface area contributed by atoms with E-state index in [0.29, 0.717) is 17.8 Å². The first-order valence-electron chi connectivity index (χ1n) is 20.0. The number of aromatic nitrogens is 4. The molecule has 57 heavy (non-hydrogen) atoms. The molecule has 5 unspecified atom stereocenters. The van der Waals surface area contributed by atoms with Crippen LogP contribution in [0.5, 0.6) is 0 Å². The number of carbonyl (C=O) groups is 4. The number of benzene rings is 2. The lowest BCUT2D eigenvalue weighted by molar-refractivity contribution is -0.137. The number of likely N-dealkylation sites (tertiary alicyclic amines) is 2. The summed E-state index contributed by atoms with van der Waals surface area (Å²) in [5, 5.41) is 5.48. The largest absolute Gasteiger partial charge is 0.453 e. The number of alkyl carbamates (subject to hydrolysis) is 2. The van der Waals surface area contributed by atoms with Gasteiger partial charge in [0.15, 0.2) is 0 Å². The Hall–Kier alpha value is -5.66. The fourth-order valence-electron chi connectivity index (χ4n) is 9.19. The molecule has 0 bridgehead atoms. The van der Waals surface area contributed by atoms with Crippen LogP contribution in [0.4, 0.5) is 9.59 Å². The van der Waals surface area contributed by atoms with Crippen molar-refractivity contribution in [2.75, 3.05) is 14.2 Å². The molecule has 8 rings (SSSR count). The number of hydrogen-bond acceptors (Lipinski definition) is 8. The van der Waals surface area contributed by atoms with Crippen molar-refractivity contribution in [3.8, 4) is 33.6 Å². The van der Waals surface area contributed by atoms with Crippen LogP contribution < -0.4 is 10.6 Å². The molecule has 2 aromatic carbocycles. The van der Waals surface area contributed by atoms with Crippen LogP contribution in [0.2, 0.25) is 0 Å². The zero-order valence-corrected chi connectivity index (χ0v) is 33.5. The molecule has 9 atom stereocenters. The van der Waals surface area contributed by atoms with Crippen molar-refractivity contribution in [2.45, 2.75) is 90.1 Å². The van der Waals surface area contributed by atoms with E-state index in [0.717, 1.165) is 64.6 Å². The van der Waals surface area contributed by atoms with Crippen molar-refractivity contribution in [1.29, 1.82) is 0 Å². The summed E-state index contributed by atoms with van der Waals surface area (Å²) in [6.07, 6.45) is 5.07. The maximum Gasteiger partial charge on any atom is 0.407 e. The summed E-state index contributed by atoms with van der Waals surface area (Å²) in [7, 11) is 2.60. The van der Waals surface area contributed by atoms with E-state index >= 15 is 0 Å². The standard InChI is InChI=1S/C43H52N8O6/c1-21(2)35(48-42(54)56-6)40(52)50-32-16-28(32)17-33(50)38-44-19-30(46-38)26-12-8-24(9-13-26)25-10-14-27(15-11-25)31-20-45-39(47-31)34-18-29-23(5)37(29)51(34)41(53)36(22(3)4)49-43(55)57-7/h8-15,19-23,28-29,32-37H,16-18H2,1-7H3,(H,44,46)(H,45,47)(H,48,54)(H,49,55)/t23?,28-,29?,32-,33-,34-,35?,36?,37?/m0/s1. The van der Waals surface area contributed by atoms with Gasteiger partial charge in [-0.1, -0.05) is 83.1 Å². The van der Waals surface area contributed by atoms with Gasteiger partial charge in [0.25, 0.3) is 0 Å². The van der Waals surface area contributed by atoms with Gasteiger partial charge < -0.3 is 39.9 Å². The maximum absolute atomic E-state index is 13.9. The van der Waals surface area contributed by atoms with E-state index in [9.17, 15) is 19.2 Å². The van der Waals surface area contributed by atoms with Crippen LogP contribution >= 0.6 is 0 Å². The smallest absolute Gasteiger partial charge is 0.407 e. The third-order valence-electron chi connectivity index (χ3n) is 12.6. The van der Waals surface area contributed by atoms with E-state index in [1.165, 1.54) is 14.2 Å². The predicted molar refractivity (Wildman–Crippen MR) is 212 cm³/mol. The van der Waals surface area contributed by atoms with Gasteiger partial charge in [-0.3, -0.25) is 9.59 Å². The van der Waals surface area contributed by atoms with Gasteiger partial charge in [0.2, 0.25) is 11.8 Å². The molecule has 4 aromatic rings. The molecule has 2 saturated heterocycles. The molecule has 2 saturated carbocycles. The quantitative estimate of drug-likeness (QED) is 0.134. The number of ether oxygens (including phenoxy) is 2. The number of fused-ring (bicyclic) bond motifs is 2. The number of rotatable bonds is 11. The summed E-state index contributed by atoms with van der Waals surface area (Å²) in [5.41, 5.74) is 5.84. The SMILES string of the molecule is COC(=O)NC(C(=O)N1C2C(C)C2C[C@H]1c1ncc(-c2ccc(-c3ccc(-c4cnc([C@@H]5C[C@@H]6C[C@@H]6N5C(=O)C(NC(=O)OC)C(C)C)[nH]4)cc3)cc2)[nH]1)C(C)C. The number of amides is 4. The number of nitrogens with zero attached hydrogens (tertiary/aromatic N) is 4. The minimum Gasteiger partial charge on any atom is -0.453 e. The van der Waals surface area contributed by atoms with Crippen LogP contribution in [0.1, 0.15) is 77.6 Å². The minimum absolute atomic E-state index is 0.0979. The fourth-order valence-corrected chi connectivity index (χ4v) is 9.19. The van der Waals surface area contributed by atoms with Crippen LogP contribution in [-0.2, 0) is 19.1 Å². The summed E-state index contributed by atoms with van der Waals surface area (Å²) in [5.74, 6) is 2.37. The van der Waals surface area contributed by atoms with Gasteiger partial charge in [0, 0.05) is 12.1 Å². The van der Waals surface area contributed by atoms with Crippen LogP contribution in [0.3, 0.4) is 0 Å². The molecule has 2 aliphatic carbocycles. The minimum atomic E-state index is -0.688. The second kappa shape index (κ2) is 15.0. The monoisotopic (exact) mass is 776 g/mol. The average Bonchev–Trinajstić information content (AvgIpc) is 3.69. The highest BCUT2D eigenvalue weighted by Crippen LogP contribution is 2.58. The zero-order chi connectivity index (χ0) is 40.3. The van der Waals surface area contributed by atoms with Crippen molar-refractivity contribution in [1.82, 2.24) is 40.4 Å². The summed E-state index contributed by atoms with van der Waals surface area (Å²) < 4.78 is 9.61. The lowest BCUT2D eigenvalue weighted by atomic mass is 10.0. The van der Waals surface area contributed by atoms with E-state index in [-0.39, 0.29) is 47.8 Å². The van der Waals surface area contributed by atoms with E-state index in [1.807, 2.05) is 49.9 Å². The molecule has 14 nitrogen and oxygen atoms in total. The van der Waals surface area contributed by atoms with Gasteiger partial charge in [0.1, 0.15) is 23.7 Å². The van der Waals surface area contributed by atoms with Gasteiger partial charge in [-0.25, -0.2) is 19.6 Å². The second-order valence-electron chi connectivity index (χ2n) is 16.8. The Morgan fingerprint density at radius 1 is 0.667 bits per heavy atom. The molecule has 2 aliphatic heterocycles. The third kappa shape index (κ3) is 7.14. The molecular formula is C43H52N8O6. The van der Waals surface area contributed by atoms with Crippen LogP contribution in [0.25, 0.3) is 33.6 Å². The molecule has 4 fully saturated rings. The normalized spacial score (nSPS) is 25.5. The second-order valence-corrected chi connectivity index (χ2v) is 16.8. The number of nitrogens with one attached hydrogen (secondary N) is 4. The average molecular weight is 777 g/mol. The first-order valence-corrected chi connectivity index (χ1v) is 20.0. The van der Waals surface area contributed by atoms with E-state index in [1.54, 1.807) is 0 Å². The zero-order valence-electron chi connectivity index (χ0n) is 33.5. The van der Waals surface area contributed by atoms with Crippen molar-refractivity contribution in [2.24, 2.45) is 29.6 Å². The van der Waals surface area contributed by atoms with Crippen molar-refractivity contribution >= 4 is 24.0 Å². The molecule has 4 aliphatic rings. The number of piperidine rings is 2. The molecular weight excluding hydrogens is 725 g/mol. The van der Waals surface area contributed by atoms with Gasteiger partial charge in [-0.05, 0) is 71.1 Å². The summed E-state index contributed by atoms with van der Waals surface area (Å²) in [4.78, 5) is 72.2. The maximum atomic E-state index is 13.9. The van der Waals surface area contributed by atoms with E-state index in [2.05, 4.69) is 76.1 Å². The Kier molecular flexibility index (Phi) is 10.1. The Morgan fingerprint density at radius 2 is 1.11 bits per heavy atom. The van der Waals surface area contributed by atoms with E-state index < -0.39 is 24.3 Å². The molecule has 14 heteroatoms. The van der Waals surface area contributed by atoms with Crippen molar-refractivity contribution in [3.63, 3.8) is 0 Å². The van der Waals surface area contributed by atoms with Crippen molar-refractivity contribution < 1.29 is 28.7 Å². The highest BCUT2D eigenvalue weighted by molar-refractivity contribution is 5.88. The Bertz CT molecular complexity index is 2140. The number of H-pyrrole nitrogens is 2.